The molecule has 1 aliphatic rings. The van der Waals surface area contributed by atoms with Gasteiger partial charge in [-0.15, -0.1) is 0 Å². The number of nitrogens with one attached hydrogen (secondary N) is 1. The predicted molar refractivity (Wildman–Crippen MR) is 64.4 cm³/mol. The molecule has 0 bridgehead atoms. The quantitative estimate of drug-likeness (QED) is 0.786. The maximum atomic E-state index is 4.15. The number of aromatic nitrogens is 2. The van der Waals surface area contributed by atoms with Crippen LogP contribution in [-0.4, -0.2) is 66.1 Å². The lowest BCUT2D eigenvalue weighted by Crippen LogP contribution is -2.52. The number of rotatable bonds is 3. The molecule has 1 unspecified atom stereocenters. The first-order valence-electron chi connectivity index (χ1n) is 5.64. The molecule has 1 aromatic rings. The molecule has 5 heteroatoms. The number of piperazine rings is 1. The fourth-order valence-corrected chi connectivity index (χ4v) is 1.94. The fraction of sp³-hybridized carbons (Fsp3) is 0.636. The van der Waals surface area contributed by atoms with Crippen molar-refractivity contribution < 1.29 is 0 Å². The third-order valence-corrected chi connectivity index (χ3v) is 3.08. The van der Waals surface area contributed by atoms with Gasteiger partial charge in [-0.2, -0.15) is 0 Å². The zero-order chi connectivity index (χ0) is 11.4. The topological polar surface area (TPSA) is 44.3 Å². The van der Waals surface area contributed by atoms with Gasteiger partial charge in [0, 0.05) is 38.4 Å². The largest absolute Gasteiger partial charge is 0.368 e. The fourth-order valence-electron chi connectivity index (χ4n) is 1.94. The van der Waals surface area contributed by atoms with Crippen LogP contribution in [0.2, 0.25) is 0 Å². The Labute approximate surface area is 96.5 Å². The molecule has 0 aliphatic carbocycles. The van der Waals surface area contributed by atoms with Gasteiger partial charge in [0.05, 0.1) is 0 Å². The van der Waals surface area contributed by atoms with Crippen LogP contribution in [-0.2, 0) is 0 Å². The summed E-state index contributed by atoms with van der Waals surface area (Å²) >= 11 is 0. The van der Waals surface area contributed by atoms with Crippen molar-refractivity contribution in [2.75, 3.05) is 45.6 Å². The lowest BCUT2D eigenvalue weighted by atomic mass is 10.2. The second-order valence-electron chi connectivity index (χ2n) is 4.37. The van der Waals surface area contributed by atoms with Crippen molar-refractivity contribution in [3.8, 4) is 0 Å². The Morgan fingerprint density at radius 3 is 3.06 bits per heavy atom. The molecule has 1 fully saturated rings. The van der Waals surface area contributed by atoms with Gasteiger partial charge in [0.25, 0.3) is 0 Å². The molecular formula is C11H19N5. The molecule has 1 aliphatic heterocycles. The molecule has 1 N–H and O–H groups in total. The van der Waals surface area contributed by atoms with E-state index in [2.05, 4.69) is 39.2 Å². The normalized spacial score (nSPS) is 23.2. The second-order valence-corrected chi connectivity index (χ2v) is 4.37. The maximum Gasteiger partial charge on any atom is 0.129 e. The second kappa shape index (κ2) is 5.23. The summed E-state index contributed by atoms with van der Waals surface area (Å²) in [6.45, 7) is 4.32. The highest BCUT2D eigenvalue weighted by Gasteiger charge is 2.21. The molecule has 0 spiro atoms. The molecule has 1 atom stereocenters. The van der Waals surface area contributed by atoms with Gasteiger partial charge >= 0.3 is 0 Å². The van der Waals surface area contributed by atoms with Crippen LogP contribution < -0.4 is 5.32 Å². The Kier molecular flexibility index (Phi) is 3.69. The van der Waals surface area contributed by atoms with Crippen LogP contribution in [0.25, 0.3) is 0 Å². The number of hydrogen-bond donors (Lipinski definition) is 1. The van der Waals surface area contributed by atoms with E-state index in [4.69, 9.17) is 0 Å². The van der Waals surface area contributed by atoms with Gasteiger partial charge in [0.1, 0.15) is 12.1 Å². The summed E-state index contributed by atoms with van der Waals surface area (Å²) in [5.41, 5.74) is 0. The standard InChI is InChI=1S/C11H19N5/c1-15-5-6-16(2)10(8-15)7-13-11-3-4-12-9-14-11/h3-4,9-10H,5-8H2,1-2H3,(H,12,13,14). The summed E-state index contributed by atoms with van der Waals surface area (Å²) in [7, 11) is 4.35. The molecule has 0 amide bonds. The number of likely N-dealkylation sites (N-methyl/N-ethyl adjacent to an activating group) is 2. The Bertz CT molecular complexity index is 315. The Hall–Kier alpha value is -1.20. The van der Waals surface area contributed by atoms with Crippen LogP contribution in [0.4, 0.5) is 5.82 Å². The highest BCUT2D eigenvalue weighted by molar-refractivity contribution is 5.31. The molecule has 1 aromatic heterocycles. The Morgan fingerprint density at radius 1 is 1.44 bits per heavy atom. The molecule has 2 heterocycles. The van der Waals surface area contributed by atoms with Crippen LogP contribution in [0.15, 0.2) is 18.6 Å². The number of anilines is 1. The minimum absolute atomic E-state index is 0.550. The number of nitrogens with zero attached hydrogens (tertiary/aromatic N) is 4. The van der Waals surface area contributed by atoms with Crippen LogP contribution in [0.3, 0.4) is 0 Å². The third-order valence-electron chi connectivity index (χ3n) is 3.08. The molecule has 5 nitrogen and oxygen atoms in total. The summed E-state index contributed by atoms with van der Waals surface area (Å²) in [5, 5.41) is 3.35. The lowest BCUT2D eigenvalue weighted by Gasteiger charge is -2.37. The Morgan fingerprint density at radius 2 is 2.31 bits per heavy atom. The molecule has 0 radical (unpaired) electrons. The zero-order valence-corrected chi connectivity index (χ0v) is 9.93. The van der Waals surface area contributed by atoms with E-state index in [0.29, 0.717) is 6.04 Å². The summed E-state index contributed by atoms with van der Waals surface area (Å²) < 4.78 is 0. The van der Waals surface area contributed by atoms with Crippen molar-refractivity contribution in [3.63, 3.8) is 0 Å². The highest BCUT2D eigenvalue weighted by Crippen LogP contribution is 2.07. The van der Waals surface area contributed by atoms with Gasteiger partial charge < -0.3 is 10.2 Å². The molecule has 88 valence electrons. The monoisotopic (exact) mass is 221 g/mol. The van der Waals surface area contributed by atoms with Gasteiger partial charge in [0.15, 0.2) is 0 Å². The molecular weight excluding hydrogens is 202 g/mol. The van der Waals surface area contributed by atoms with E-state index < -0.39 is 0 Å². The van der Waals surface area contributed by atoms with Gasteiger partial charge in [-0.3, -0.25) is 4.90 Å². The summed E-state index contributed by atoms with van der Waals surface area (Å²) in [5.74, 6) is 0.900. The lowest BCUT2D eigenvalue weighted by molar-refractivity contribution is 0.122. The summed E-state index contributed by atoms with van der Waals surface area (Å²) in [6, 6.07) is 2.45. The average molecular weight is 221 g/mol. The molecule has 0 saturated carbocycles. The van der Waals surface area contributed by atoms with Crippen LogP contribution in [0.1, 0.15) is 0 Å². The van der Waals surface area contributed by atoms with E-state index in [0.717, 1.165) is 32.0 Å². The van der Waals surface area contributed by atoms with E-state index in [1.807, 2.05) is 6.07 Å². The highest BCUT2D eigenvalue weighted by atomic mass is 15.3. The van der Waals surface area contributed by atoms with E-state index >= 15 is 0 Å². The minimum atomic E-state index is 0.550. The first-order valence-corrected chi connectivity index (χ1v) is 5.64. The molecule has 2 rings (SSSR count). The van der Waals surface area contributed by atoms with Crippen molar-refractivity contribution in [3.05, 3.63) is 18.6 Å². The van der Waals surface area contributed by atoms with E-state index in [1.165, 1.54) is 0 Å². The van der Waals surface area contributed by atoms with Crippen LogP contribution in [0.5, 0.6) is 0 Å². The van der Waals surface area contributed by atoms with Crippen molar-refractivity contribution in [2.24, 2.45) is 0 Å². The Balaban J connectivity index is 1.85. The SMILES string of the molecule is CN1CCN(C)C(CNc2ccncn2)C1. The smallest absolute Gasteiger partial charge is 0.129 e. The van der Waals surface area contributed by atoms with Crippen LogP contribution in [0, 0.1) is 0 Å². The van der Waals surface area contributed by atoms with Crippen molar-refractivity contribution in [1.82, 2.24) is 19.8 Å². The predicted octanol–water partition coefficient (Wildman–Crippen LogP) is 0.134. The van der Waals surface area contributed by atoms with E-state index in [1.54, 1.807) is 12.5 Å². The minimum Gasteiger partial charge on any atom is -0.368 e. The zero-order valence-electron chi connectivity index (χ0n) is 9.93. The maximum absolute atomic E-state index is 4.15. The molecule has 1 saturated heterocycles. The summed E-state index contributed by atoms with van der Waals surface area (Å²) in [6.07, 6.45) is 3.32. The van der Waals surface area contributed by atoms with Crippen molar-refractivity contribution >= 4 is 5.82 Å². The van der Waals surface area contributed by atoms with Gasteiger partial charge in [-0.1, -0.05) is 0 Å². The third kappa shape index (κ3) is 2.90. The van der Waals surface area contributed by atoms with Crippen LogP contribution >= 0.6 is 0 Å². The van der Waals surface area contributed by atoms with Crippen molar-refractivity contribution in [1.29, 1.82) is 0 Å². The first kappa shape index (κ1) is 11.3. The average Bonchev–Trinajstić information content (AvgIpc) is 2.32. The van der Waals surface area contributed by atoms with Gasteiger partial charge in [0.2, 0.25) is 0 Å². The van der Waals surface area contributed by atoms with Gasteiger partial charge in [-0.25, -0.2) is 9.97 Å². The molecule has 0 aromatic carbocycles. The molecule has 16 heavy (non-hydrogen) atoms. The van der Waals surface area contributed by atoms with Gasteiger partial charge in [-0.05, 0) is 20.2 Å². The summed E-state index contributed by atoms with van der Waals surface area (Å²) in [4.78, 5) is 12.8. The van der Waals surface area contributed by atoms with Crippen molar-refractivity contribution in [2.45, 2.75) is 6.04 Å². The number of hydrogen-bond acceptors (Lipinski definition) is 5. The first-order chi connectivity index (χ1) is 7.75. The van der Waals surface area contributed by atoms with E-state index in [-0.39, 0.29) is 0 Å². The van der Waals surface area contributed by atoms with E-state index in [9.17, 15) is 0 Å².